The van der Waals surface area contributed by atoms with Crippen LogP contribution in [0.1, 0.15) is 13.3 Å². The number of methoxy groups -OCH3 is 1. The molecule has 0 radical (unpaired) electrons. The predicted octanol–water partition coefficient (Wildman–Crippen LogP) is 1.85. The van der Waals surface area contributed by atoms with Gasteiger partial charge in [0.25, 0.3) is 0 Å². The van der Waals surface area contributed by atoms with Gasteiger partial charge in [-0.25, -0.2) is 0 Å². The first kappa shape index (κ1) is 17.8. The molecule has 1 N–H and O–H groups in total. The van der Waals surface area contributed by atoms with E-state index >= 15 is 0 Å². The summed E-state index contributed by atoms with van der Waals surface area (Å²) in [6.07, 6.45) is 0.449. The molecule has 1 aromatic rings. The van der Waals surface area contributed by atoms with Gasteiger partial charge in [0.1, 0.15) is 5.75 Å². The van der Waals surface area contributed by atoms with Crippen molar-refractivity contribution in [3.05, 3.63) is 24.3 Å². The molecule has 1 saturated heterocycles. The summed E-state index contributed by atoms with van der Waals surface area (Å²) in [6, 6.07) is 7.68. The smallest absolute Gasteiger partial charge is 0.228 e. The second-order valence-electron chi connectivity index (χ2n) is 4.77. The van der Waals surface area contributed by atoms with Gasteiger partial charge in [0.2, 0.25) is 5.91 Å². The number of benzene rings is 1. The molecule has 1 amide bonds. The van der Waals surface area contributed by atoms with E-state index in [4.69, 9.17) is 9.47 Å². The predicted molar refractivity (Wildman–Crippen MR) is 85.5 cm³/mol. The van der Waals surface area contributed by atoms with Crippen LogP contribution in [0.3, 0.4) is 0 Å². The molecule has 0 saturated carbocycles. The lowest BCUT2D eigenvalue weighted by molar-refractivity contribution is -0.119. The molecule has 1 unspecified atom stereocenters. The minimum atomic E-state index is 0. The van der Waals surface area contributed by atoms with Crippen molar-refractivity contribution >= 4 is 24.0 Å². The summed E-state index contributed by atoms with van der Waals surface area (Å²) < 4.78 is 10.6. The molecule has 1 aliphatic rings. The Balaban J connectivity index is 0.00000220. The number of carbonyl (C=O) groups is 1. The molecule has 0 aliphatic carbocycles. The number of rotatable bonds is 5. The van der Waals surface area contributed by atoms with E-state index in [1.54, 1.807) is 12.0 Å². The van der Waals surface area contributed by atoms with Gasteiger partial charge in [0, 0.05) is 37.3 Å². The van der Waals surface area contributed by atoms with Gasteiger partial charge in [-0.05, 0) is 19.1 Å². The molecule has 1 heterocycles. The van der Waals surface area contributed by atoms with Gasteiger partial charge in [-0.2, -0.15) is 0 Å². The Kier molecular flexibility index (Phi) is 7.50. The third-order valence-electron chi connectivity index (χ3n) is 3.40. The van der Waals surface area contributed by atoms with Gasteiger partial charge < -0.3 is 19.7 Å². The summed E-state index contributed by atoms with van der Waals surface area (Å²) >= 11 is 0. The van der Waals surface area contributed by atoms with Crippen molar-refractivity contribution in [3.8, 4) is 5.75 Å². The number of nitrogens with one attached hydrogen (secondary N) is 1. The van der Waals surface area contributed by atoms with Crippen LogP contribution in [-0.4, -0.2) is 45.4 Å². The Morgan fingerprint density at radius 3 is 2.95 bits per heavy atom. The van der Waals surface area contributed by atoms with Crippen LogP contribution in [0, 0.1) is 0 Å². The van der Waals surface area contributed by atoms with E-state index in [1.807, 2.05) is 31.2 Å². The fourth-order valence-corrected chi connectivity index (χ4v) is 2.35. The maximum Gasteiger partial charge on any atom is 0.228 e. The summed E-state index contributed by atoms with van der Waals surface area (Å²) in [6.45, 7) is 4.74. The van der Waals surface area contributed by atoms with Gasteiger partial charge in [-0.15, -0.1) is 12.4 Å². The van der Waals surface area contributed by atoms with Crippen LogP contribution in [0.25, 0.3) is 0 Å². The largest absolute Gasteiger partial charge is 0.497 e. The zero-order valence-electron chi connectivity index (χ0n) is 12.5. The zero-order valence-corrected chi connectivity index (χ0v) is 13.3. The van der Waals surface area contributed by atoms with Crippen molar-refractivity contribution in [1.82, 2.24) is 5.32 Å². The second-order valence-corrected chi connectivity index (χ2v) is 4.77. The third kappa shape index (κ3) is 4.88. The van der Waals surface area contributed by atoms with E-state index in [1.165, 1.54) is 0 Å². The molecule has 1 aromatic carbocycles. The van der Waals surface area contributed by atoms with E-state index in [2.05, 4.69) is 5.32 Å². The normalized spacial score (nSPS) is 17.7. The molecule has 1 aliphatic heterocycles. The molecular weight excluding hydrogens is 292 g/mol. The van der Waals surface area contributed by atoms with Gasteiger partial charge in [-0.1, -0.05) is 6.07 Å². The average Bonchev–Trinajstić information content (AvgIpc) is 2.49. The van der Waals surface area contributed by atoms with E-state index < -0.39 is 0 Å². The van der Waals surface area contributed by atoms with Gasteiger partial charge in [-0.3, -0.25) is 4.79 Å². The highest BCUT2D eigenvalue weighted by Crippen LogP contribution is 2.21. The van der Waals surface area contributed by atoms with E-state index in [0.29, 0.717) is 19.6 Å². The summed E-state index contributed by atoms with van der Waals surface area (Å²) in [4.78, 5) is 14.2. The summed E-state index contributed by atoms with van der Waals surface area (Å²) in [5.41, 5.74) is 0.869. The summed E-state index contributed by atoms with van der Waals surface area (Å²) in [7, 11) is 1.63. The van der Waals surface area contributed by atoms with Crippen LogP contribution >= 0.6 is 12.4 Å². The monoisotopic (exact) mass is 314 g/mol. The molecule has 1 atom stereocenters. The third-order valence-corrected chi connectivity index (χ3v) is 3.40. The fraction of sp³-hybridized carbons (Fsp3) is 0.533. The molecule has 5 nitrogen and oxygen atoms in total. The van der Waals surface area contributed by atoms with Crippen molar-refractivity contribution < 1.29 is 14.3 Å². The molecule has 118 valence electrons. The molecule has 21 heavy (non-hydrogen) atoms. The van der Waals surface area contributed by atoms with Gasteiger partial charge in [0.05, 0.1) is 20.3 Å². The number of hydrogen-bond acceptors (Lipinski definition) is 4. The maximum atomic E-state index is 12.4. The Hall–Kier alpha value is -1.30. The number of carbonyl (C=O) groups excluding carboxylic acids is 1. The number of halogens is 1. The average molecular weight is 315 g/mol. The lowest BCUT2D eigenvalue weighted by Crippen LogP contribution is -2.45. The number of ether oxygens (including phenoxy) is 2. The molecule has 0 spiro atoms. The van der Waals surface area contributed by atoms with Gasteiger partial charge >= 0.3 is 0 Å². The van der Waals surface area contributed by atoms with Crippen molar-refractivity contribution in [2.75, 3.05) is 38.3 Å². The van der Waals surface area contributed by atoms with Crippen LogP contribution in [0.4, 0.5) is 5.69 Å². The molecule has 0 bridgehead atoms. The molecule has 0 aromatic heterocycles. The molecule has 1 fully saturated rings. The number of nitrogens with zero attached hydrogens (tertiary/aromatic N) is 1. The first-order valence-corrected chi connectivity index (χ1v) is 7.00. The number of amides is 1. The standard InChI is InChI=1S/C15H22N2O3.ClH/c1-3-17(13-5-4-6-14(10-13)19-2)15(18)9-12-11-20-8-7-16-12;/h4-6,10,12,16H,3,7-9,11H2,1-2H3;1H. The lowest BCUT2D eigenvalue weighted by Gasteiger charge is -2.27. The van der Waals surface area contributed by atoms with E-state index in [9.17, 15) is 4.79 Å². The molecule has 6 heteroatoms. The highest BCUT2D eigenvalue weighted by atomic mass is 35.5. The van der Waals surface area contributed by atoms with Crippen molar-refractivity contribution in [2.45, 2.75) is 19.4 Å². The SMILES string of the molecule is CCN(C(=O)CC1COCCN1)c1cccc(OC)c1.Cl. The quantitative estimate of drug-likeness (QED) is 0.901. The van der Waals surface area contributed by atoms with E-state index in [0.717, 1.165) is 24.6 Å². The van der Waals surface area contributed by atoms with Crippen molar-refractivity contribution in [3.63, 3.8) is 0 Å². The molecule has 2 rings (SSSR count). The van der Waals surface area contributed by atoms with Crippen LogP contribution in [-0.2, 0) is 9.53 Å². The number of morpholine rings is 1. The highest BCUT2D eigenvalue weighted by Gasteiger charge is 2.21. The van der Waals surface area contributed by atoms with Crippen LogP contribution in [0.5, 0.6) is 5.75 Å². The Morgan fingerprint density at radius 1 is 1.52 bits per heavy atom. The summed E-state index contributed by atoms with van der Waals surface area (Å²) in [5, 5.41) is 3.31. The van der Waals surface area contributed by atoms with Crippen LogP contribution in [0.15, 0.2) is 24.3 Å². The minimum Gasteiger partial charge on any atom is -0.497 e. The first-order valence-electron chi connectivity index (χ1n) is 7.00. The first-order chi connectivity index (χ1) is 9.74. The molecular formula is C15H23ClN2O3. The number of hydrogen-bond donors (Lipinski definition) is 1. The van der Waals surface area contributed by atoms with Crippen LogP contribution in [0.2, 0.25) is 0 Å². The zero-order chi connectivity index (χ0) is 14.4. The lowest BCUT2D eigenvalue weighted by atomic mass is 10.1. The summed E-state index contributed by atoms with van der Waals surface area (Å²) in [5.74, 6) is 0.858. The number of anilines is 1. The highest BCUT2D eigenvalue weighted by molar-refractivity contribution is 5.93. The Bertz CT molecular complexity index is 450. The Morgan fingerprint density at radius 2 is 2.33 bits per heavy atom. The maximum absolute atomic E-state index is 12.4. The van der Waals surface area contributed by atoms with Crippen molar-refractivity contribution in [2.24, 2.45) is 0 Å². The second kappa shape index (κ2) is 8.87. The van der Waals surface area contributed by atoms with Crippen LogP contribution < -0.4 is 15.0 Å². The Labute approximate surface area is 132 Å². The van der Waals surface area contributed by atoms with Gasteiger partial charge in [0.15, 0.2) is 0 Å². The topological polar surface area (TPSA) is 50.8 Å². The minimum absolute atomic E-state index is 0. The van der Waals surface area contributed by atoms with Crippen molar-refractivity contribution in [1.29, 1.82) is 0 Å². The fourth-order valence-electron chi connectivity index (χ4n) is 2.35. The van der Waals surface area contributed by atoms with E-state index in [-0.39, 0.29) is 24.4 Å².